The molecule has 0 spiro atoms. The van der Waals surface area contributed by atoms with E-state index in [1.165, 1.54) is 0 Å². The first kappa shape index (κ1) is 16.3. The van der Waals surface area contributed by atoms with Crippen LogP contribution in [-0.4, -0.2) is 29.0 Å². The Balaban J connectivity index is 0.00000161. The van der Waals surface area contributed by atoms with Crippen molar-refractivity contribution < 1.29 is 4.42 Å². The van der Waals surface area contributed by atoms with Gasteiger partial charge in [0.2, 0.25) is 5.89 Å². The molecule has 1 aromatic carbocycles. The molecule has 0 amide bonds. The Morgan fingerprint density at radius 2 is 2.10 bits per heavy atom. The third-order valence-corrected chi connectivity index (χ3v) is 3.82. The third kappa shape index (κ3) is 4.20. The summed E-state index contributed by atoms with van der Waals surface area (Å²) in [6.45, 7) is 2.81. The van der Waals surface area contributed by atoms with Gasteiger partial charge in [0, 0.05) is 29.7 Å². The van der Waals surface area contributed by atoms with E-state index in [-0.39, 0.29) is 18.4 Å². The van der Waals surface area contributed by atoms with Gasteiger partial charge in [-0.2, -0.15) is 0 Å². The van der Waals surface area contributed by atoms with E-state index >= 15 is 0 Å². The average molecular weight is 328 g/mol. The van der Waals surface area contributed by atoms with Gasteiger partial charge in [-0.3, -0.25) is 4.90 Å². The lowest BCUT2D eigenvalue weighted by Crippen LogP contribution is -2.42. The Labute approximate surface area is 135 Å². The van der Waals surface area contributed by atoms with Gasteiger partial charge in [-0.1, -0.05) is 11.6 Å². The summed E-state index contributed by atoms with van der Waals surface area (Å²) in [5.74, 6) is 0.637. The van der Waals surface area contributed by atoms with Crippen LogP contribution >= 0.6 is 24.0 Å². The summed E-state index contributed by atoms with van der Waals surface area (Å²) < 4.78 is 5.55. The van der Waals surface area contributed by atoms with Crippen LogP contribution in [0.5, 0.6) is 0 Å². The third-order valence-electron chi connectivity index (χ3n) is 3.57. The molecule has 3 rings (SSSR count). The van der Waals surface area contributed by atoms with Gasteiger partial charge in [0.25, 0.3) is 0 Å². The highest BCUT2D eigenvalue weighted by molar-refractivity contribution is 6.30. The molecule has 0 radical (unpaired) electrons. The molecule has 6 heteroatoms. The number of benzene rings is 1. The lowest BCUT2D eigenvalue weighted by Gasteiger charge is -2.29. The molecule has 0 saturated carbocycles. The summed E-state index contributed by atoms with van der Waals surface area (Å²) in [5.41, 5.74) is 7.88. The molecule has 1 saturated heterocycles. The number of aromatic nitrogens is 1. The summed E-state index contributed by atoms with van der Waals surface area (Å²) in [4.78, 5) is 6.87. The Kier molecular flexibility index (Phi) is 5.65. The van der Waals surface area contributed by atoms with Gasteiger partial charge in [0.1, 0.15) is 6.26 Å². The molecule has 1 aliphatic heterocycles. The molecule has 1 aromatic heterocycles. The zero-order chi connectivity index (χ0) is 13.9. The number of oxazole rings is 1. The number of likely N-dealkylation sites (tertiary alicyclic amines) is 1. The summed E-state index contributed by atoms with van der Waals surface area (Å²) in [6, 6.07) is 7.78. The van der Waals surface area contributed by atoms with Crippen LogP contribution < -0.4 is 5.73 Å². The summed E-state index contributed by atoms with van der Waals surface area (Å²) >= 11 is 5.88. The number of hydrogen-bond acceptors (Lipinski definition) is 4. The van der Waals surface area contributed by atoms with Crippen molar-refractivity contribution >= 4 is 24.0 Å². The van der Waals surface area contributed by atoms with Gasteiger partial charge >= 0.3 is 0 Å². The molecule has 4 nitrogen and oxygen atoms in total. The largest absolute Gasteiger partial charge is 0.444 e. The maximum Gasteiger partial charge on any atom is 0.226 e. The van der Waals surface area contributed by atoms with Crippen molar-refractivity contribution in [1.82, 2.24) is 9.88 Å². The van der Waals surface area contributed by atoms with E-state index in [9.17, 15) is 0 Å². The molecule has 2 heterocycles. The van der Waals surface area contributed by atoms with Gasteiger partial charge in [0.15, 0.2) is 0 Å². The lowest BCUT2D eigenvalue weighted by molar-refractivity contribution is 0.199. The van der Waals surface area contributed by atoms with E-state index < -0.39 is 0 Å². The minimum atomic E-state index is 0. The first-order chi connectivity index (χ1) is 9.70. The fourth-order valence-corrected chi connectivity index (χ4v) is 2.69. The van der Waals surface area contributed by atoms with Crippen LogP contribution in [0.3, 0.4) is 0 Å². The van der Waals surface area contributed by atoms with Crippen LogP contribution in [0.15, 0.2) is 34.9 Å². The molecule has 0 aliphatic carbocycles. The first-order valence-corrected chi connectivity index (χ1v) is 7.27. The maximum absolute atomic E-state index is 5.99. The quantitative estimate of drug-likeness (QED) is 0.939. The highest BCUT2D eigenvalue weighted by Gasteiger charge is 2.18. The zero-order valence-electron chi connectivity index (χ0n) is 11.7. The second-order valence-corrected chi connectivity index (χ2v) is 5.72. The van der Waals surface area contributed by atoms with Crippen molar-refractivity contribution in [2.75, 3.05) is 13.1 Å². The second kappa shape index (κ2) is 7.27. The monoisotopic (exact) mass is 327 g/mol. The van der Waals surface area contributed by atoms with E-state index in [0.717, 1.165) is 43.7 Å². The Morgan fingerprint density at radius 3 is 2.81 bits per heavy atom. The second-order valence-electron chi connectivity index (χ2n) is 5.29. The van der Waals surface area contributed by atoms with Crippen molar-refractivity contribution in [3.8, 4) is 11.5 Å². The van der Waals surface area contributed by atoms with Gasteiger partial charge in [0.05, 0.1) is 5.69 Å². The predicted octanol–water partition coefficient (Wildman–Crippen LogP) is 3.34. The standard InChI is InChI=1S/C15H18ClN3O.ClH/c16-12-5-3-11(4-6-12)15-18-14(10-20-15)9-19-7-1-2-13(17)8-19;/h3-6,10,13H,1-2,7-9,17H2;1H. The Morgan fingerprint density at radius 1 is 1.33 bits per heavy atom. The van der Waals surface area contributed by atoms with Crippen LogP contribution in [0.2, 0.25) is 5.02 Å². The van der Waals surface area contributed by atoms with Crippen LogP contribution in [0.25, 0.3) is 11.5 Å². The smallest absolute Gasteiger partial charge is 0.226 e. The molecule has 1 aliphatic rings. The normalized spacial score (nSPS) is 19.2. The molecular weight excluding hydrogens is 309 g/mol. The zero-order valence-corrected chi connectivity index (χ0v) is 13.2. The molecule has 114 valence electrons. The van der Waals surface area contributed by atoms with Crippen LogP contribution in [-0.2, 0) is 6.54 Å². The van der Waals surface area contributed by atoms with Crippen molar-refractivity contribution in [2.24, 2.45) is 5.73 Å². The number of nitrogens with zero attached hydrogens (tertiary/aromatic N) is 2. The Bertz CT molecular complexity index is 571. The first-order valence-electron chi connectivity index (χ1n) is 6.89. The number of piperidine rings is 1. The minimum absolute atomic E-state index is 0. The number of nitrogens with two attached hydrogens (primary N) is 1. The lowest BCUT2D eigenvalue weighted by atomic mass is 10.1. The summed E-state index contributed by atoms with van der Waals surface area (Å²) in [6.07, 6.45) is 4.00. The minimum Gasteiger partial charge on any atom is -0.444 e. The van der Waals surface area contributed by atoms with E-state index in [0.29, 0.717) is 10.9 Å². The molecule has 2 aromatic rings. The topological polar surface area (TPSA) is 55.3 Å². The molecule has 1 atom stereocenters. The van der Waals surface area contributed by atoms with E-state index in [4.69, 9.17) is 21.8 Å². The van der Waals surface area contributed by atoms with Crippen molar-refractivity contribution in [3.05, 3.63) is 41.2 Å². The van der Waals surface area contributed by atoms with Crippen LogP contribution in [0, 0.1) is 0 Å². The van der Waals surface area contributed by atoms with Gasteiger partial charge in [-0.15, -0.1) is 12.4 Å². The number of hydrogen-bond donors (Lipinski definition) is 1. The predicted molar refractivity (Wildman–Crippen MR) is 86.7 cm³/mol. The van der Waals surface area contributed by atoms with Crippen LogP contribution in [0.4, 0.5) is 0 Å². The molecule has 1 unspecified atom stereocenters. The fraction of sp³-hybridized carbons (Fsp3) is 0.400. The van der Waals surface area contributed by atoms with E-state index in [1.54, 1.807) is 6.26 Å². The molecular formula is C15H19Cl2N3O. The van der Waals surface area contributed by atoms with Gasteiger partial charge in [-0.25, -0.2) is 4.98 Å². The van der Waals surface area contributed by atoms with Crippen LogP contribution in [0.1, 0.15) is 18.5 Å². The SMILES string of the molecule is Cl.NC1CCCN(Cc2coc(-c3ccc(Cl)cc3)n2)C1. The highest BCUT2D eigenvalue weighted by Crippen LogP contribution is 2.21. The number of halogens is 2. The fourth-order valence-electron chi connectivity index (χ4n) is 2.57. The molecule has 2 N–H and O–H groups in total. The molecule has 21 heavy (non-hydrogen) atoms. The van der Waals surface area contributed by atoms with E-state index in [2.05, 4.69) is 9.88 Å². The average Bonchev–Trinajstić information content (AvgIpc) is 2.88. The van der Waals surface area contributed by atoms with Gasteiger partial charge < -0.3 is 10.2 Å². The van der Waals surface area contributed by atoms with Crippen molar-refractivity contribution in [1.29, 1.82) is 0 Å². The molecule has 0 bridgehead atoms. The van der Waals surface area contributed by atoms with Crippen molar-refractivity contribution in [3.63, 3.8) is 0 Å². The molecule has 1 fully saturated rings. The summed E-state index contributed by atoms with van der Waals surface area (Å²) in [5, 5.41) is 0.711. The highest BCUT2D eigenvalue weighted by atomic mass is 35.5. The van der Waals surface area contributed by atoms with E-state index in [1.807, 2.05) is 24.3 Å². The maximum atomic E-state index is 5.99. The van der Waals surface area contributed by atoms with Crippen molar-refractivity contribution in [2.45, 2.75) is 25.4 Å². The van der Waals surface area contributed by atoms with Gasteiger partial charge in [-0.05, 0) is 43.7 Å². The number of rotatable bonds is 3. The Hall–Kier alpha value is -1.07. The summed E-state index contributed by atoms with van der Waals surface area (Å²) in [7, 11) is 0.